The number of aromatic nitrogens is 2. The van der Waals surface area contributed by atoms with Gasteiger partial charge in [-0.2, -0.15) is 10.4 Å². The predicted molar refractivity (Wildman–Crippen MR) is 112 cm³/mol. The summed E-state index contributed by atoms with van der Waals surface area (Å²) in [6, 6.07) is 3.71. The zero-order chi connectivity index (χ0) is 20.8. The van der Waals surface area contributed by atoms with Crippen LogP contribution in [0.3, 0.4) is 0 Å². The largest absolute Gasteiger partial charge is 0.382 e. The SMILES string of the molecule is C=CCC(C)(C)C#CC#N.C=CCC(C)(C)c1cc(N)nn1C.CCN. The molecule has 1 aromatic rings. The van der Waals surface area contributed by atoms with Gasteiger partial charge in [0.15, 0.2) is 6.07 Å². The van der Waals surface area contributed by atoms with E-state index in [0.29, 0.717) is 5.82 Å². The van der Waals surface area contributed by atoms with Gasteiger partial charge in [0.05, 0.1) is 0 Å². The molecule has 0 aliphatic carbocycles. The second kappa shape index (κ2) is 12.8. The summed E-state index contributed by atoms with van der Waals surface area (Å²) in [7, 11) is 1.91. The highest BCUT2D eigenvalue weighted by Gasteiger charge is 2.22. The first-order valence-electron chi connectivity index (χ1n) is 8.64. The Bertz CT molecular complexity index is 648. The van der Waals surface area contributed by atoms with E-state index in [0.717, 1.165) is 25.1 Å². The maximum absolute atomic E-state index is 8.15. The summed E-state index contributed by atoms with van der Waals surface area (Å²) in [5, 5.41) is 12.3. The van der Waals surface area contributed by atoms with E-state index in [1.54, 1.807) is 6.07 Å². The molecule has 1 heterocycles. The van der Waals surface area contributed by atoms with Crippen LogP contribution in [0.2, 0.25) is 0 Å². The smallest absolute Gasteiger partial charge is 0.152 e. The van der Waals surface area contributed by atoms with E-state index in [4.69, 9.17) is 16.7 Å². The molecule has 0 aliphatic rings. The minimum absolute atomic E-state index is 0.0567. The zero-order valence-electron chi connectivity index (χ0n) is 17.3. The van der Waals surface area contributed by atoms with Crippen LogP contribution in [-0.2, 0) is 12.5 Å². The molecule has 0 aliphatic heterocycles. The molecule has 0 bridgehead atoms. The third-order valence-corrected chi connectivity index (χ3v) is 3.36. The topological polar surface area (TPSA) is 93.6 Å². The van der Waals surface area contributed by atoms with E-state index in [9.17, 15) is 0 Å². The fourth-order valence-corrected chi connectivity index (χ4v) is 2.20. The van der Waals surface area contributed by atoms with Crippen molar-refractivity contribution in [2.45, 2.75) is 52.9 Å². The van der Waals surface area contributed by atoms with E-state index >= 15 is 0 Å². The highest BCUT2D eigenvalue weighted by atomic mass is 15.3. The minimum atomic E-state index is -0.0997. The van der Waals surface area contributed by atoms with Crippen LogP contribution < -0.4 is 11.5 Å². The Morgan fingerprint density at radius 1 is 1.23 bits per heavy atom. The highest BCUT2D eigenvalue weighted by Crippen LogP contribution is 2.27. The summed E-state index contributed by atoms with van der Waals surface area (Å²) in [5.74, 6) is 5.79. The molecule has 1 aromatic heterocycles. The van der Waals surface area contributed by atoms with Gasteiger partial charge in [-0.25, -0.2) is 0 Å². The first-order chi connectivity index (χ1) is 12.0. The number of allylic oxidation sites excluding steroid dienone is 2. The van der Waals surface area contributed by atoms with Crippen molar-refractivity contribution in [2.75, 3.05) is 12.3 Å². The normalized spacial score (nSPS) is 9.92. The number of nitrogens with zero attached hydrogens (tertiary/aromatic N) is 3. The van der Waals surface area contributed by atoms with Crippen LogP contribution in [0.1, 0.15) is 53.2 Å². The number of anilines is 1. The van der Waals surface area contributed by atoms with Crippen LogP contribution in [0.25, 0.3) is 0 Å². The fraction of sp³-hybridized carbons (Fsp3) is 0.524. The predicted octanol–water partition coefficient (Wildman–Crippen LogP) is 3.94. The van der Waals surface area contributed by atoms with E-state index in [-0.39, 0.29) is 10.8 Å². The quantitative estimate of drug-likeness (QED) is 0.616. The molecular weight excluding hydrogens is 322 g/mol. The zero-order valence-corrected chi connectivity index (χ0v) is 17.3. The van der Waals surface area contributed by atoms with Crippen molar-refractivity contribution in [3.8, 4) is 17.9 Å². The molecule has 4 N–H and O–H groups in total. The number of nitrogens with two attached hydrogens (primary N) is 2. The fourth-order valence-electron chi connectivity index (χ4n) is 2.20. The Hall–Kier alpha value is -2.50. The van der Waals surface area contributed by atoms with Crippen LogP contribution in [-0.4, -0.2) is 16.3 Å². The summed E-state index contributed by atoms with van der Waals surface area (Å²) in [4.78, 5) is 0. The third kappa shape index (κ3) is 11.1. The molecule has 0 fully saturated rings. The Morgan fingerprint density at radius 2 is 1.73 bits per heavy atom. The van der Waals surface area contributed by atoms with E-state index in [1.165, 1.54) is 0 Å². The average molecular weight is 358 g/mol. The van der Waals surface area contributed by atoms with E-state index < -0.39 is 0 Å². The standard InChI is InChI=1S/C10H17N3.C9H11N.C2H7N/c1-5-6-10(2,3)8-7-9(11)12-13(8)4;1-4-6-9(2,3)7-5-8-10;1-2-3/h5,7H,1,6H2,2-4H3,(H2,11,12);4H,1,6H2,2-3H3;2-3H2,1H3. The molecule has 144 valence electrons. The summed E-state index contributed by atoms with van der Waals surface area (Å²) in [6.07, 6.45) is 5.48. The Morgan fingerprint density at radius 3 is 2.08 bits per heavy atom. The van der Waals surface area contributed by atoms with Crippen LogP contribution in [0.5, 0.6) is 0 Å². The molecular formula is C21H35N5. The lowest BCUT2D eigenvalue weighted by Gasteiger charge is -2.22. The second-order valence-electron chi connectivity index (χ2n) is 7.10. The number of nitriles is 1. The molecule has 26 heavy (non-hydrogen) atoms. The molecule has 0 radical (unpaired) electrons. The van der Waals surface area contributed by atoms with Crippen LogP contribution in [0, 0.1) is 28.6 Å². The van der Waals surface area contributed by atoms with Crippen molar-refractivity contribution in [1.82, 2.24) is 9.78 Å². The Balaban J connectivity index is 0. The molecule has 5 heteroatoms. The van der Waals surface area contributed by atoms with Crippen LogP contribution in [0.4, 0.5) is 5.82 Å². The van der Waals surface area contributed by atoms with Gasteiger partial charge in [-0.3, -0.25) is 4.68 Å². The summed E-state index contributed by atoms with van der Waals surface area (Å²) in [6.45, 7) is 18.3. The van der Waals surface area contributed by atoms with Crippen molar-refractivity contribution < 1.29 is 0 Å². The van der Waals surface area contributed by atoms with Gasteiger partial charge in [-0.15, -0.1) is 13.2 Å². The van der Waals surface area contributed by atoms with E-state index in [2.05, 4.69) is 43.9 Å². The Kier molecular flexibility index (Phi) is 12.7. The van der Waals surface area contributed by atoms with Gasteiger partial charge in [-0.1, -0.05) is 38.8 Å². The van der Waals surface area contributed by atoms with Gasteiger partial charge in [0.1, 0.15) is 5.82 Å². The van der Waals surface area contributed by atoms with Crippen molar-refractivity contribution in [3.05, 3.63) is 37.1 Å². The Labute approximate surface area is 159 Å². The lowest BCUT2D eigenvalue weighted by Crippen LogP contribution is -2.20. The van der Waals surface area contributed by atoms with Gasteiger partial charge in [0, 0.05) is 35.6 Å². The van der Waals surface area contributed by atoms with Gasteiger partial charge >= 0.3 is 0 Å². The first kappa shape index (κ1) is 25.7. The van der Waals surface area contributed by atoms with Crippen LogP contribution >= 0.6 is 0 Å². The third-order valence-electron chi connectivity index (χ3n) is 3.36. The van der Waals surface area contributed by atoms with Crippen molar-refractivity contribution in [3.63, 3.8) is 0 Å². The number of nitrogen functional groups attached to an aromatic ring is 1. The van der Waals surface area contributed by atoms with Crippen molar-refractivity contribution in [2.24, 2.45) is 18.2 Å². The summed E-state index contributed by atoms with van der Waals surface area (Å²) < 4.78 is 1.83. The van der Waals surface area contributed by atoms with Crippen molar-refractivity contribution >= 4 is 5.82 Å². The number of hydrogen-bond donors (Lipinski definition) is 2. The first-order valence-corrected chi connectivity index (χ1v) is 8.64. The maximum atomic E-state index is 8.15. The van der Waals surface area contributed by atoms with Gasteiger partial charge in [-0.05, 0) is 33.2 Å². The van der Waals surface area contributed by atoms with Gasteiger partial charge in [0.2, 0.25) is 0 Å². The lowest BCUT2D eigenvalue weighted by molar-refractivity contribution is 0.482. The molecule has 1 rings (SSSR count). The monoisotopic (exact) mass is 357 g/mol. The molecule has 0 saturated carbocycles. The molecule has 0 spiro atoms. The van der Waals surface area contributed by atoms with E-state index in [1.807, 2.05) is 50.7 Å². The highest BCUT2D eigenvalue weighted by molar-refractivity contribution is 5.33. The number of hydrogen-bond acceptors (Lipinski definition) is 4. The summed E-state index contributed by atoms with van der Waals surface area (Å²) >= 11 is 0. The molecule has 0 atom stereocenters. The molecule has 0 unspecified atom stereocenters. The summed E-state index contributed by atoms with van der Waals surface area (Å²) in [5.41, 5.74) is 11.6. The molecule has 0 saturated heterocycles. The number of aryl methyl sites for hydroxylation is 1. The van der Waals surface area contributed by atoms with Gasteiger partial charge < -0.3 is 11.5 Å². The lowest BCUT2D eigenvalue weighted by atomic mass is 9.85. The second-order valence-corrected chi connectivity index (χ2v) is 7.10. The minimum Gasteiger partial charge on any atom is -0.382 e. The number of rotatable bonds is 5. The van der Waals surface area contributed by atoms with Crippen LogP contribution in [0.15, 0.2) is 31.4 Å². The molecule has 5 nitrogen and oxygen atoms in total. The van der Waals surface area contributed by atoms with Crippen molar-refractivity contribution in [1.29, 1.82) is 5.26 Å². The van der Waals surface area contributed by atoms with Gasteiger partial charge in [0.25, 0.3) is 0 Å². The molecule has 0 amide bonds. The molecule has 0 aromatic carbocycles. The maximum Gasteiger partial charge on any atom is 0.152 e. The average Bonchev–Trinajstić information content (AvgIpc) is 2.86.